The van der Waals surface area contributed by atoms with Crippen LogP contribution < -0.4 is 10.1 Å². The quantitative estimate of drug-likeness (QED) is 0.303. The van der Waals surface area contributed by atoms with E-state index < -0.39 is 15.9 Å². The van der Waals surface area contributed by atoms with Crippen LogP contribution in [0.5, 0.6) is 5.75 Å². The van der Waals surface area contributed by atoms with E-state index in [-0.39, 0.29) is 15.8 Å². The molecule has 1 amide bonds. The van der Waals surface area contributed by atoms with Gasteiger partial charge in [0.15, 0.2) is 5.75 Å². The highest BCUT2D eigenvalue weighted by atomic mass is 35.6. The second kappa shape index (κ2) is 9.41. The van der Waals surface area contributed by atoms with Crippen molar-refractivity contribution in [2.24, 2.45) is 0 Å². The van der Waals surface area contributed by atoms with Crippen molar-refractivity contribution < 1.29 is 9.53 Å². The van der Waals surface area contributed by atoms with Gasteiger partial charge in [-0.2, -0.15) is 0 Å². The van der Waals surface area contributed by atoms with Gasteiger partial charge in [0.25, 0.3) is 0 Å². The predicted molar refractivity (Wildman–Crippen MR) is 110 cm³/mol. The van der Waals surface area contributed by atoms with E-state index in [9.17, 15) is 4.79 Å². The average Bonchev–Trinajstić information content (AvgIpc) is 2.55. The lowest BCUT2D eigenvalue weighted by molar-refractivity contribution is -0.118. The Hall–Kier alpha value is -0.810. The van der Waals surface area contributed by atoms with Gasteiger partial charge in [-0.1, -0.05) is 99.9 Å². The van der Waals surface area contributed by atoms with E-state index in [2.05, 4.69) is 5.32 Å². The number of hydrogen-bond acceptors (Lipinski definition) is 2. The highest BCUT2D eigenvalue weighted by Gasteiger charge is 2.36. The average molecular weight is 474 g/mol. The Balaban J connectivity index is 2.16. The number of carbonyl (C=O) groups excluding carboxylic acids is 1. The van der Waals surface area contributed by atoms with Crippen molar-refractivity contribution >= 4 is 81.6 Å². The number of benzene rings is 2. The van der Waals surface area contributed by atoms with Crippen LogP contribution in [0.15, 0.2) is 48.5 Å². The number of halogens is 6. The number of ether oxygens (including phenoxy) is 1. The van der Waals surface area contributed by atoms with Crippen LogP contribution in [0.1, 0.15) is 5.56 Å². The summed E-state index contributed by atoms with van der Waals surface area (Å²) in [4.78, 5) is 12.1. The smallest absolute Gasteiger partial charge is 0.246 e. The summed E-state index contributed by atoms with van der Waals surface area (Å²) in [5.41, 5.74) is 0.831. The highest BCUT2D eigenvalue weighted by Crippen LogP contribution is 2.39. The third kappa shape index (κ3) is 6.41. The van der Waals surface area contributed by atoms with Crippen LogP contribution in [-0.2, 0) is 4.79 Å². The van der Waals surface area contributed by atoms with Gasteiger partial charge in [0.05, 0.1) is 10.0 Å². The summed E-state index contributed by atoms with van der Waals surface area (Å²) in [6, 6.07) is 12.0. The van der Waals surface area contributed by atoms with E-state index >= 15 is 0 Å². The van der Waals surface area contributed by atoms with E-state index in [1.807, 2.05) is 30.3 Å². The molecule has 0 fully saturated rings. The fourth-order valence-corrected chi connectivity index (χ4v) is 3.05. The molecule has 26 heavy (non-hydrogen) atoms. The first-order valence-electron chi connectivity index (χ1n) is 7.08. The number of hydrogen-bond donors (Lipinski definition) is 1. The minimum Gasteiger partial charge on any atom is -0.463 e. The molecule has 3 nitrogen and oxygen atoms in total. The van der Waals surface area contributed by atoms with E-state index in [0.29, 0.717) is 5.02 Å². The fourth-order valence-electron chi connectivity index (χ4n) is 1.85. The van der Waals surface area contributed by atoms with Gasteiger partial charge in [0, 0.05) is 11.1 Å². The lowest BCUT2D eigenvalue weighted by Crippen LogP contribution is -2.47. The number of rotatable bonds is 5. The normalized spacial score (nSPS) is 12.8. The number of carbonyl (C=O) groups is 1. The van der Waals surface area contributed by atoms with Crippen molar-refractivity contribution in [1.82, 2.24) is 5.32 Å². The Morgan fingerprint density at radius 2 is 1.62 bits per heavy atom. The third-order valence-corrected chi connectivity index (χ3v) is 4.37. The van der Waals surface area contributed by atoms with Crippen LogP contribution in [0.25, 0.3) is 6.08 Å². The van der Waals surface area contributed by atoms with Crippen molar-refractivity contribution in [3.05, 3.63) is 69.2 Å². The van der Waals surface area contributed by atoms with Crippen molar-refractivity contribution in [3.8, 4) is 5.75 Å². The van der Waals surface area contributed by atoms with Crippen molar-refractivity contribution in [3.63, 3.8) is 0 Å². The largest absolute Gasteiger partial charge is 0.463 e. The summed E-state index contributed by atoms with van der Waals surface area (Å²) in [6.45, 7) is 0. The van der Waals surface area contributed by atoms with Gasteiger partial charge in [0.1, 0.15) is 0 Å². The Morgan fingerprint density at radius 1 is 1.04 bits per heavy atom. The number of nitrogens with one attached hydrogen (secondary N) is 1. The zero-order chi connectivity index (χ0) is 19.3. The van der Waals surface area contributed by atoms with Gasteiger partial charge in [-0.15, -0.1) is 0 Å². The van der Waals surface area contributed by atoms with Gasteiger partial charge in [0.2, 0.25) is 15.9 Å². The molecule has 2 aromatic rings. The topological polar surface area (TPSA) is 38.3 Å². The molecule has 0 aliphatic carbocycles. The van der Waals surface area contributed by atoms with Gasteiger partial charge in [-0.05, 0) is 23.8 Å². The molecule has 138 valence electrons. The summed E-state index contributed by atoms with van der Waals surface area (Å²) in [7, 11) is 0. The molecule has 1 N–H and O–H groups in total. The summed E-state index contributed by atoms with van der Waals surface area (Å²) in [5, 5.41) is 2.98. The Morgan fingerprint density at radius 3 is 2.15 bits per heavy atom. The lowest BCUT2D eigenvalue weighted by Gasteiger charge is -2.26. The first kappa shape index (κ1) is 21.5. The SMILES string of the molecule is O=C(/C=C/c1ccccc1)N[C@@H](Oc1c(Cl)cc(Cl)cc1Cl)C(Cl)(Cl)Cl. The minimum atomic E-state index is -1.98. The minimum absolute atomic E-state index is 0.0291. The molecule has 0 spiro atoms. The van der Waals surface area contributed by atoms with Crippen LogP contribution in [-0.4, -0.2) is 15.9 Å². The van der Waals surface area contributed by atoms with E-state index in [0.717, 1.165) is 5.56 Å². The summed E-state index contributed by atoms with van der Waals surface area (Å²) >= 11 is 35.7. The van der Waals surface area contributed by atoms with E-state index in [4.69, 9.17) is 74.3 Å². The van der Waals surface area contributed by atoms with Gasteiger partial charge in [-0.3, -0.25) is 4.79 Å². The third-order valence-electron chi connectivity index (χ3n) is 3.00. The predicted octanol–water partition coefficient (Wildman–Crippen LogP) is 6.55. The maximum Gasteiger partial charge on any atom is 0.246 e. The molecule has 1 atom stereocenters. The van der Waals surface area contributed by atoms with Gasteiger partial charge < -0.3 is 10.1 Å². The Labute approximate surface area is 180 Å². The fraction of sp³-hybridized carbons (Fsp3) is 0.118. The highest BCUT2D eigenvalue weighted by molar-refractivity contribution is 6.68. The molecule has 0 unspecified atom stereocenters. The molecule has 0 aliphatic rings. The standard InChI is InChI=1S/C17H11Cl6NO2/c18-11-8-12(19)15(13(20)9-11)26-16(17(21,22)23)24-14(25)7-6-10-4-2-1-3-5-10/h1-9,16H,(H,24,25)/b7-6+/t16-/m0/s1. The Kier molecular flexibility index (Phi) is 7.77. The molecule has 2 rings (SSSR count). The lowest BCUT2D eigenvalue weighted by atomic mass is 10.2. The van der Waals surface area contributed by atoms with Crippen molar-refractivity contribution in [2.45, 2.75) is 10.0 Å². The molecular weight excluding hydrogens is 463 g/mol. The second-order valence-corrected chi connectivity index (χ2v) is 8.61. The van der Waals surface area contributed by atoms with Crippen LogP contribution in [0.2, 0.25) is 15.1 Å². The summed E-state index contributed by atoms with van der Waals surface area (Å²) in [6.07, 6.45) is 1.54. The summed E-state index contributed by atoms with van der Waals surface area (Å²) in [5.74, 6) is -0.507. The molecule has 0 radical (unpaired) electrons. The maximum atomic E-state index is 12.1. The molecule has 0 saturated heterocycles. The van der Waals surface area contributed by atoms with Gasteiger partial charge in [-0.25, -0.2) is 0 Å². The zero-order valence-electron chi connectivity index (χ0n) is 12.9. The van der Waals surface area contributed by atoms with Crippen molar-refractivity contribution in [2.75, 3.05) is 0 Å². The first-order chi connectivity index (χ1) is 12.2. The van der Waals surface area contributed by atoms with Crippen LogP contribution in [0.4, 0.5) is 0 Å². The number of amides is 1. The van der Waals surface area contributed by atoms with Gasteiger partial charge >= 0.3 is 0 Å². The molecule has 0 saturated carbocycles. The zero-order valence-corrected chi connectivity index (χ0v) is 17.4. The van der Waals surface area contributed by atoms with Crippen LogP contribution >= 0.6 is 69.6 Å². The first-order valence-corrected chi connectivity index (χ1v) is 9.35. The molecule has 2 aromatic carbocycles. The second-order valence-electron chi connectivity index (χ2n) is 4.99. The molecule has 0 aliphatic heterocycles. The monoisotopic (exact) mass is 471 g/mol. The van der Waals surface area contributed by atoms with E-state index in [1.165, 1.54) is 18.2 Å². The molecule has 9 heteroatoms. The van der Waals surface area contributed by atoms with Crippen LogP contribution in [0, 0.1) is 0 Å². The van der Waals surface area contributed by atoms with Crippen LogP contribution in [0.3, 0.4) is 0 Å². The summed E-state index contributed by atoms with van der Waals surface area (Å²) < 4.78 is 3.55. The Bertz CT molecular complexity index is 782. The van der Waals surface area contributed by atoms with Crippen molar-refractivity contribution in [1.29, 1.82) is 0 Å². The number of alkyl halides is 3. The molecule has 0 bridgehead atoms. The maximum absolute atomic E-state index is 12.1. The van der Waals surface area contributed by atoms with E-state index in [1.54, 1.807) is 6.08 Å². The molecule has 0 heterocycles. The molecular formula is C17H11Cl6NO2. The molecule has 0 aromatic heterocycles.